The molecule has 7 heteroatoms. The van der Waals surface area contributed by atoms with Gasteiger partial charge in [0.05, 0.1) is 7.11 Å². The highest BCUT2D eigenvalue weighted by molar-refractivity contribution is 5.97. The lowest BCUT2D eigenvalue weighted by Gasteiger charge is -2.26. The normalized spacial score (nSPS) is 13.1. The van der Waals surface area contributed by atoms with Crippen molar-refractivity contribution in [3.8, 4) is 11.1 Å². The van der Waals surface area contributed by atoms with E-state index in [4.69, 9.17) is 0 Å². The van der Waals surface area contributed by atoms with Gasteiger partial charge in [-0.1, -0.05) is 38.1 Å². The number of amides is 1. The number of ether oxygens (including phenoxy) is 1. The summed E-state index contributed by atoms with van der Waals surface area (Å²) in [4.78, 5) is 24.0. The summed E-state index contributed by atoms with van der Waals surface area (Å²) in [6.07, 6.45) is 0. The fraction of sp³-hybridized carbons (Fsp3) is 0.333. The molecule has 2 rings (SSSR count). The summed E-state index contributed by atoms with van der Waals surface area (Å²) in [5.41, 5.74) is -1.18. The van der Waals surface area contributed by atoms with Gasteiger partial charge in [-0.05, 0) is 36.1 Å². The predicted octanol–water partition coefficient (Wildman–Crippen LogP) is 3.44. The molecule has 0 saturated carbocycles. The zero-order chi connectivity index (χ0) is 21.1. The van der Waals surface area contributed by atoms with E-state index in [9.17, 15) is 23.5 Å². The minimum absolute atomic E-state index is 0.124. The van der Waals surface area contributed by atoms with E-state index in [1.807, 2.05) is 0 Å². The third kappa shape index (κ3) is 4.36. The van der Waals surface area contributed by atoms with Crippen LogP contribution in [0.4, 0.5) is 8.78 Å². The average molecular weight is 391 g/mol. The van der Waals surface area contributed by atoms with Crippen molar-refractivity contribution in [2.75, 3.05) is 7.11 Å². The van der Waals surface area contributed by atoms with Crippen LogP contribution in [-0.2, 0) is 16.1 Å². The zero-order valence-corrected chi connectivity index (χ0v) is 16.2. The quantitative estimate of drug-likeness (QED) is 0.740. The lowest BCUT2D eigenvalue weighted by Crippen LogP contribution is -2.47. The van der Waals surface area contributed by atoms with Crippen molar-refractivity contribution in [1.29, 1.82) is 0 Å². The molecule has 2 N–H and O–H groups in total. The topological polar surface area (TPSA) is 75.6 Å². The van der Waals surface area contributed by atoms with E-state index in [1.54, 1.807) is 13.8 Å². The zero-order valence-electron chi connectivity index (χ0n) is 16.2. The van der Waals surface area contributed by atoms with Crippen LogP contribution in [0.3, 0.4) is 0 Å². The third-order valence-electron chi connectivity index (χ3n) is 4.79. The Morgan fingerprint density at radius 2 is 1.86 bits per heavy atom. The SMILES string of the molecule is COC(=O)c1c(F)cccc1-c1ccc(CNC(=O)[C@@](C)(O)C(C)C)c(F)c1. The molecule has 5 nitrogen and oxygen atoms in total. The predicted molar refractivity (Wildman–Crippen MR) is 100 cm³/mol. The first kappa shape index (κ1) is 21.5. The van der Waals surface area contributed by atoms with Crippen LogP contribution in [0.25, 0.3) is 11.1 Å². The Bertz CT molecular complexity index is 894. The van der Waals surface area contributed by atoms with Crippen LogP contribution in [0.15, 0.2) is 36.4 Å². The van der Waals surface area contributed by atoms with Crippen molar-refractivity contribution < 1.29 is 28.2 Å². The van der Waals surface area contributed by atoms with E-state index in [0.717, 1.165) is 19.2 Å². The standard InChI is InChI=1S/C21H23F2NO4/c1-12(2)21(3,27)20(26)24-11-14-9-8-13(10-17(14)23)15-6-5-7-16(22)18(15)19(25)28-4/h5-10,12,27H,11H2,1-4H3,(H,24,26)/t21-/m0/s1. The second kappa shape index (κ2) is 8.48. The highest BCUT2D eigenvalue weighted by Crippen LogP contribution is 2.28. The molecule has 0 fully saturated rings. The fourth-order valence-corrected chi connectivity index (χ4v) is 2.55. The van der Waals surface area contributed by atoms with E-state index in [2.05, 4.69) is 10.1 Å². The van der Waals surface area contributed by atoms with Crippen LogP contribution in [-0.4, -0.2) is 29.7 Å². The minimum Gasteiger partial charge on any atom is -0.465 e. The number of nitrogens with one attached hydrogen (secondary N) is 1. The van der Waals surface area contributed by atoms with Crippen molar-refractivity contribution in [1.82, 2.24) is 5.32 Å². The number of hydrogen-bond donors (Lipinski definition) is 2. The van der Waals surface area contributed by atoms with Gasteiger partial charge in [0.25, 0.3) is 5.91 Å². The molecule has 0 aliphatic heterocycles. The summed E-state index contributed by atoms with van der Waals surface area (Å²) in [6.45, 7) is 4.67. The Morgan fingerprint density at radius 1 is 1.18 bits per heavy atom. The summed E-state index contributed by atoms with van der Waals surface area (Å²) in [5.74, 6) is -3.19. The molecule has 0 spiro atoms. The molecule has 1 amide bonds. The molecule has 2 aromatic rings. The average Bonchev–Trinajstić information content (AvgIpc) is 2.65. The molecule has 0 heterocycles. The maximum atomic E-state index is 14.5. The van der Waals surface area contributed by atoms with Crippen molar-refractivity contribution in [3.63, 3.8) is 0 Å². The summed E-state index contributed by atoms with van der Waals surface area (Å²) >= 11 is 0. The largest absolute Gasteiger partial charge is 0.465 e. The van der Waals surface area contributed by atoms with Gasteiger partial charge in [0.1, 0.15) is 22.8 Å². The highest BCUT2D eigenvalue weighted by atomic mass is 19.1. The van der Waals surface area contributed by atoms with E-state index >= 15 is 0 Å². The lowest BCUT2D eigenvalue weighted by molar-refractivity contribution is -0.142. The second-order valence-corrected chi connectivity index (χ2v) is 6.95. The Labute approximate surface area is 162 Å². The number of hydrogen-bond acceptors (Lipinski definition) is 4. The summed E-state index contributed by atoms with van der Waals surface area (Å²) in [7, 11) is 1.14. The number of rotatable bonds is 6. The van der Waals surface area contributed by atoms with Crippen LogP contribution >= 0.6 is 0 Å². The van der Waals surface area contributed by atoms with Crippen molar-refractivity contribution >= 4 is 11.9 Å². The molecule has 150 valence electrons. The minimum atomic E-state index is -1.58. The van der Waals surface area contributed by atoms with Gasteiger partial charge in [0.2, 0.25) is 0 Å². The molecule has 2 aromatic carbocycles. The lowest BCUT2D eigenvalue weighted by atomic mass is 9.91. The van der Waals surface area contributed by atoms with Gasteiger partial charge in [-0.3, -0.25) is 4.79 Å². The fourth-order valence-electron chi connectivity index (χ4n) is 2.55. The molecule has 28 heavy (non-hydrogen) atoms. The molecule has 0 unspecified atom stereocenters. The Balaban J connectivity index is 2.28. The molecule has 0 aliphatic rings. The van der Waals surface area contributed by atoms with Gasteiger partial charge in [-0.2, -0.15) is 0 Å². The summed E-state index contributed by atoms with van der Waals surface area (Å²) in [6, 6.07) is 8.13. The number of carbonyl (C=O) groups excluding carboxylic acids is 2. The van der Waals surface area contributed by atoms with Crippen molar-refractivity contribution in [3.05, 3.63) is 59.2 Å². The molecule has 0 bridgehead atoms. The third-order valence-corrected chi connectivity index (χ3v) is 4.79. The molecule has 1 atom stereocenters. The summed E-state index contributed by atoms with van der Waals surface area (Å²) < 4.78 is 33.2. The molecule has 0 aromatic heterocycles. The van der Waals surface area contributed by atoms with Gasteiger partial charge in [-0.25, -0.2) is 13.6 Å². The van der Waals surface area contributed by atoms with Gasteiger partial charge in [0, 0.05) is 12.1 Å². The first-order valence-electron chi connectivity index (χ1n) is 8.75. The Kier molecular flexibility index (Phi) is 6.51. The Morgan fingerprint density at radius 3 is 2.43 bits per heavy atom. The van der Waals surface area contributed by atoms with E-state index in [1.165, 1.54) is 31.2 Å². The van der Waals surface area contributed by atoms with E-state index < -0.39 is 29.1 Å². The molecular formula is C21H23F2NO4. The van der Waals surface area contributed by atoms with Gasteiger partial charge in [0.15, 0.2) is 0 Å². The van der Waals surface area contributed by atoms with Crippen LogP contribution in [0.1, 0.15) is 36.7 Å². The first-order valence-corrected chi connectivity index (χ1v) is 8.75. The van der Waals surface area contributed by atoms with Crippen LogP contribution < -0.4 is 5.32 Å². The van der Waals surface area contributed by atoms with E-state index in [0.29, 0.717) is 5.56 Å². The monoisotopic (exact) mass is 391 g/mol. The number of methoxy groups -OCH3 is 1. The molecule has 0 aliphatic carbocycles. The maximum Gasteiger partial charge on any atom is 0.341 e. The maximum absolute atomic E-state index is 14.5. The van der Waals surface area contributed by atoms with E-state index in [-0.39, 0.29) is 29.2 Å². The van der Waals surface area contributed by atoms with Crippen LogP contribution in [0.5, 0.6) is 0 Å². The number of esters is 1. The molecular weight excluding hydrogens is 368 g/mol. The number of halogens is 2. The van der Waals surface area contributed by atoms with Gasteiger partial charge in [-0.15, -0.1) is 0 Å². The Hall–Kier alpha value is -2.80. The second-order valence-electron chi connectivity index (χ2n) is 6.95. The van der Waals surface area contributed by atoms with Gasteiger partial charge >= 0.3 is 5.97 Å². The number of aliphatic hydroxyl groups is 1. The molecule has 0 radical (unpaired) electrons. The smallest absolute Gasteiger partial charge is 0.341 e. The van der Waals surface area contributed by atoms with Gasteiger partial charge < -0.3 is 15.2 Å². The van der Waals surface area contributed by atoms with Crippen LogP contribution in [0, 0.1) is 17.6 Å². The highest BCUT2D eigenvalue weighted by Gasteiger charge is 2.33. The number of carbonyl (C=O) groups is 2. The summed E-state index contributed by atoms with van der Waals surface area (Å²) in [5, 5.41) is 12.7. The van der Waals surface area contributed by atoms with Crippen molar-refractivity contribution in [2.24, 2.45) is 5.92 Å². The molecule has 0 saturated heterocycles. The number of benzene rings is 2. The van der Waals surface area contributed by atoms with Crippen molar-refractivity contribution in [2.45, 2.75) is 32.9 Å². The van der Waals surface area contributed by atoms with Crippen LogP contribution in [0.2, 0.25) is 0 Å². The first-order chi connectivity index (χ1) is 13.1.